The second-order valence-electron chi connectivity index (χ2n) is 6.30. The zero-order valence-corrected chi connectivity index (χ0v) is 14.3. The normalized spacial score (nSPS) is 16.5. The molecule has 1 saturated heterocycles. The van der Waals surface area contributed by atoms with Gasteiger partial charge in [-0.25, -0.2) is 13.8 Å². The summed E-state index contributed by atoms with van der Waals surface area (Å²) in [6.45, 7) is 2.92. The highest BCUT2D eigenvalue weighted by molar-refractivity contribution is 5.84. The molecule has 8 nitrogen and oxygen atoms in total. The number of hydrogen-bond donors (Lipinski definition) is 2. The van der Waals surface area contributed by atoms with E-state index < -0.39 is 6.43 Å². The first-order valence-electron chi connectivity index (χ1n) is 8.71. The molecule has 0 amide bonds. The topological polar surface area (TPSA) is 80.1 Å². The summed E-state index contributed by atoms with van der Waals surface area (Å²) in [4.78, 5) is 15.3. The van der Waals surface area contributed by atoms with E-state index in [4.69, 9.17) is 4.74 Å². The maximum absolute atomic E-state index is 13.8. The van der Waals surface area contributed by atoms with Gasteiger partial charge in [0.2, 0.25) is 5.95 Å². The molecule has 2 aliphatic rings. The molecule has 0 bridgehead atoms. The summed E-state index contributed by atoms with van der Waals surface area (Å²) in [5.41, 5.74) is 1.67. The summed E-state index contributed by atoms with van der Waals surface area (Å²) in [5.74, 6) is 1.12. The molecule has 10 heteroatoms. The molecule has 0 spiro atoms. The fourth-order valence-corrected chi connectivity index (χ4v) is 3.42. The number of nitrogens with zero attached hydrogens (tertiary/aromatic N) is 5. The Morgan fingerprint density at radius 2 is 1.85 bits per heavy atom. The third kappa shape index (κ3) is 2.64. The van der Waals surface area contributed by atoms with E-state index in [9.17, 15) is 8.78 Å². The van der Waals surface area contributed by atoms with Gasteiger partial charge in [0, 0.05) is 13.1 Å². The van der Waals surface area contributed by atoms with Crippen molar-refractivity contribution in [3.8, 4) is 5.82 Å². The number of ether oxygens (including phenoxy) is 1. The lowest BCUT2D eigenvalue weighted by Gasteiger charge is -2.27. The Kier molecular flexibility index (Phi) is 3.78. The molecule has 0 aliphatic carbocycles. The first-order chi connectivity index (χ1) is 13.2. The van der Waals surface area contributed by atoms with Crippen molar-refractivity contribution in [1.82, 2.24) is 19.5 Å². The average Bonchev–Trinajstić information content (AvgIpc) is 3.32. The van der Waals surface area contributed by atoms with E-state index in [1.165, 1.54) is 4.57 Å². The first kappa shape index (κ1) is 16.2. The molecule has 2 aromatic heterocycles. The summed E-state index contributed by atoms with van der Waals surface area (Å²) in [6, 6.07) is 7.05. The second kappa shape index (κ2) is 6.31. The van der Waals surface area contributed by atoms with Gasteiger partial charge in [-0.2, -0.15) is 9.97 Å². The van der Waals surface area contributed by atoms with Crippen LogP contribution in [0, 0.1) is 0 Å². The van der Waals surface area contributed by atoms with Crippen LogP contribution in [-0.4, -0.2) is 52.5 Å². The lowest BCUT2D eigenvalue weighted by atomic mass is 10.3. The molecule has 0 atom stereocenters. The number of imidazole rings is 1. The number of morpholine rings is 1. The Morgan fingerprint density at radius 3 is 2.67 bits per heavy atom. The van der Waals surface area contributed by atoms with Gasteiger partial charge in [0.1, 0.15) is 5.69 Å². The minimum Gasteiger partial charge on any atom is -0.378 e. The number of nitrogens with one attached hydrogen (secondary N) is 2. The van der Waals surface area contributed by atoms with E-state index in [-0.39, 0.29) is 5.82 Å². The number of fused-ring (bicyclic) bond motifs is 2. The highest BCUT2D eigenvalue weighted by Crippen LogP contribution is 2.36. The zero-order valence-electron chi connectivity index (χ0n) is 14.3. The van der Waals surface area contributed by atoms with Gasteiger partial charge in [-0.1, -0.05) is 12.1 Å². The van der Waals surface area contributed by atoms with E-state index in [0.717, 1.165) is 0 Å². The van der Waals surface area contributed by atoms with Gasteiger partial charge in [-0.05, 0) is 12.1 Å². The number of rotatable bonds is 3. The van der Waals surface area contributed by atoms with Crippen molar-refractivity contribution in [3.05, 3.63) is 30.1 Å². The molecule has 140 valence electrons. The van der Waals surface area contributed by atoms with E-state index in [1.54, 1.807) is 24.3 Å². The van der Waals surface area contributed by atoms with Gasteiger partial charge < -0.3 is 20.3 Å². The standard InChI is InChI=1S/C17H17F2N7O/c18-13(19)16-22-10-3-1-2-4-11(10)26(16)15-12-14(21-9-20-12)23-17(24-15)25-5-7-27-8-6-25/h1-4,13,20H,5-9H2,(H,21,23,24). The van der Waals surface area contributed by atoms with Gasteiger partial charge >= 0.3 is 0 Å². The molecule has 4 heterocycles. The van der Waals surface area contributed by atoms with Crippen molar-refractivity contribution in [2.45, 2.75) is 6.43 Å². The number of aromatic nitrogens is 4. The van der Waals surface area contributed by atoms with Crippen molar-refractivity contribution in [2.24, 2.45) is 0 Å². The minimum atomic E-state index is -2.73. The monoisotopic (exact) mass is 373 g/mol. The van der Waals surface area contributed by atoms with E-state index in [1.807, 2.05) is 4.90 Å². The predicted octanol–water partition coefficient (Wildman–Crippen LogP) is 2.38. The SMILES string of the molecule is FC(F)c1nc2ccccc2n1-c1nc(N2CCOCC2)nc2c1NCN2. The van der Waals surface area contributed by atoms with Crippen LogP contribution in [0.2, 0.25) is 0 Å². The second-order valence-corrected chi connectivity index (χ2v) is 6.30. The molecule has 1 fully saturated rings. The lowest BCUT2D eigenvalue weighted by molar-refractivity contribution is 0.122. The van der Waals surface area contributed by atoms with Crippen LogP contribution in [0.4, 0.5) is 26.2 Å². The lowest BCUT2D eigenvalue weighted by Crippen LogP contribution is -2.37. The highest BCUT2D eigenvalue weighted by Gasteiger charge is 2.28. The summed E-state index contributed by atoms with van der Waals surface area (Å²) in [6.07, 6.45) is -2.73. The predicted molar refractivity (Wildman–Crippen MR) is 96.8 cm³/mol. The largest absolute Gasteiger partial charge is 0.378 e. The number of anilines is 3. The molecule has 0 unspecified atom stereocenters. The summed E-state index contributed by atoms with van der Waals surface area (Å²) in [7, 11) is 0. The van der Waals surface area contributed by atoms with Crippen LogP contribution in [0.5, 0.6) is 0 Å². The van der Waals surface area contributed by atoms with Gasteiger partial charge in [-0.15, -0.1) is 0 Å². The van der Waals surface area contributed by atoms with Gasteiger partial charge in [-0.3, -0.25) is 4.57 Å². The van der Waals surface area contributed by atoms with Gasteiger partial charge in [0.05, 0.1) is 30.9 Å². The van der Waals surface area contributed by atoms with Crippen LogP contribution in [-0.2, 0) is 4.74 Å². The van der Waals surface area contributed by atoms with Crippen LogP contribution < -0.4 is 15.5 Å². The van der Waals surface area contributed by atoms with Crippen molar-refractivity contribution >= 4 is 28.5 Å². The Hall–Kier alpha value is -3.01. The van der Waals surface area contributed by atoms with E-state index in [2.05, 4.69) is 25.6 Å². The Labute approximate surface area is 153 Å². The maximum Gasteiger partial charge on any atom is 0.296 e. The maximum atomic E-state index is 13.8. The summed E-state index contributed by atoms with van der Waals surface area (Å²) < 4.78 is 34.3. The van der Waals surface area contributed by atoms with E-state index in [0.29, 0.717) is 67.3 Å². The number of hydrogen-bond acceptors (Lipinski definition) is 7. The molecular weight excluding hydrogens is 356 g/mol. The van der Waals surface area contributed by atoms with Crippen LogP contribution in [0.3, 0.4) is 0 Å². The van der Waals surface area contributed by atoms with Crippen LogP contribution in [0.15, 0.2) is 24.3 Å². The van der Waals surface area contributed by atoms with E-state index >= 15 is 0 Å². The average molecular weight is 373 g/mol. The van der Waals surface area contributed by atoms with Crippen molar-refractivity contribution in [2.75, 3.05) is 48.5 Å². The third-order valence-electron chi connectivity index (χ3n) is 4.69. The Bertz CT molecular complexity index is 1000. The molecule has 2 aliphatic heterocycles. The number of halogens is 2. The quantitative estimate of drug-likeness (QED) is 0.730. The molecule has 27 heavy (non-hydrogen) atoms. The Balaban J connectivity index is 1.74. The van der Waals surface area contributed by atoms with Gasteiger partial charge in [0.25, 0.3) is 6.43 Å². The van der Waals surface area contributed by atoms with Crippen LogP contribution >= 0.6 is 0 Å². The van der Waals surface area contributed by atoms with Gasteiger partial charge in [0.15, 0.2) is 17.5 Å². The third-order valence-corrected chi connectivity index (χ3v) is 4.69. The molecule has 0 radical (unpaired) electrons. The van der Waals surface area contributed by atoms with Crippen LogP contribution in [0.1, 0.15) is 12.2 Å². The summed E-state index contributed by atoms with van der Waals surface area (Å²) >= 11 is 0. The summed E-state index contributed by atoms with van der Waals surface area (Å²) in [5, 5.41) is 6.28. The van der Waals surface area contributed by atoms with Crippen molar-refractivity contribution < 1.29 is 13.5 Å². The van der Waals surface area contributed by atoms with Crippen molar-refractivity contribution in [3.63, 3.8) is 0 Å². The minimum absolute atomic E-state index is 0.335. The van der Waals surface area contributed by atoms with Crippen molar-refractivity contribution in [1.29, 1.82) is 0 Å². The number of para-hydroxylation sites is 2. The zero-order chi connectivity index (χ0) is 18.4. The number of alkyl halides is 2. The fourth-order valence-electron chi connectivity index (χ4n) is 3.42. The molecule has 5 rings (SSSR count). The first-order valence-corrected chi connectivity index (χ1v) is 8.71. The molecule has 1 aromatic carbocycles. The fraction of sp³-hybridized carbons (Fsp3) is 0.353. The molecule has 0 saturated carbocycles. The Morgan fingerprint density at radius 1 is 1.04 bits per heavy atom. The molecule has 3 aromatic rings. The highest BCUT2D eigenvalue weighted by atomic mass is 19.3. The number of benzene rings is 1. The molecular formula is C17H17F2N7O. The molecule has 2 N–H and O–H groups in total. The smallest absolute Gasteiger partial charge is 0.296 e. The van der Waals surface area contributed by atoms with Crippen LogP contribution in [0.25, 0.3) is 16.9 Å².